The zero-order valence-corrected chi connectivity index (χ0v) is 10.7. The molecule has 96 valence electrons. The molecule has 0 spiro atoms. The Morgan fingerprint density at radius 2 is 2.00 bits per heavy atom. The lowest BCUT2D eigenvalue weighted by molar-refractivity contribution is 0.463. The first-order valence-electron chi connectivity index (χ1n) is 6.15. The van der Waals surface area contributed by atoms with Crippen molar-refractivity contribution in [3.05, 3.63) is 53.9 Å². The van der Waals surface area contributed by atoms with Gasteiger partial charge in [-0.1, -0.05) is 12.1 Å². The Balaban J connectivity index is 1.88. The SMILES string of the molecule is CC(Cc1ccc(F)cc1)NC(C)c1ncc[nH]1. The van der Waals surface area contributed by atoms with E-state index in [2.05, 4.69) is 29.1 Å². The van der Waals surface area contributed by atoms with Crippen molar-refractivity contribution in [3.63, 3.8) is 0 Å². The Morgan fingerprint density at radius 3 is 2.61 bits per heavy atom. The summed E-state index contributed by atoms with van der Waals surface area (Å²) in [5.41, 5.74) is 1.13. The Bertz CT molecular complexity index is 464. The van der Waals surface area contributed by atoms with Crippen molar-refractivity contribution in [1.29, 1.82) is 0 Å². The molecule has 0 fully saturated rings. The molecule has 0 aliphatic carbocycles. The van der Waals surface area contributed by atoms with E-state index in [-0.39, 0.29) is 11.9 Å². The Morgan fingerprint density at radius 1 is 1.28 bits per heavy atom. The summed E-state index contributed by atoms with van der Waals surface area (Å²) in [6.45, 7) is 4.18. The van der Waals surface area contributed by atoms with E-state index < -0.39 is 0 Å². The van der Waals surface area contributed by atoms with E-state index in [1.807, 2.05) is 18.3 Å². The highest BCUT2D eigenvalue weighted by Gasteiger charge is 2.11. The predicted molar refractivity (Wildman–Crippen MR) is 69.7 cm³/mol. The highest BCUT2D eigenvalue weighted by molar-refractivity contribution is 5.17. The molecule has 2 rings (SSSR count). The zero-order valence-electron chi connectivity index (χ0n) is 10.7. The topological polar surface area (TPSA) is 40.7 Å². The summed E-state index contributed by atoms with van der Waals surface area (Å²) in [6.07, 6.45) is 4.43. The maximum absolute atomic E-state index is 12.8. The number of aromatic amines is 1. The minimum atomic E-state index is -0.191. The maximum atomic E-state index is 12.8. The van der Waals surface area contributed by atoms with Crippen LogP contribution in [0.3, 0.4) is 0 Å². The number of H-pyrrole nitrogens is 1. The van der Waals surface area contributed by atoms with Crippen LogP contribution in [0.1, 0.15) is 31.3 Å². The molecule has 1 aromatic heterocycles. The molecule has 2 N–H and O–H groups in total. The van der Waals surface area contributed by atoms with Gasteiger partial charge in [0.2, 0.25) is 0 Å². The molecule has 0 amide bonds. The molecule has 0 saturated heterocycles. The number of hydrogen-bond donors (Lipinski definition) is 2. The molecule has 0 aliphatic heterocycles. The van der Waals surface area contributed by atoms with E-state index in [0.717, 1.165) is 17.8 Å². The smallest absolute Gasteiger partial charge is 0.123 e. The number of imidazole rings is 1. The Kier molecular flexibility index (Phi) is 4.10. The summed E-state index contributed by atoms with van der Waals surface area (Å²) >= 11 is 0. The van der Waals surface area contributed by atoms with Crippen LogP contribution >= 0.6 is 0 Å². The summed E-state index contributed by atoms with van der Waals surface area (Å²) in [7, 11) is 0. The lowest BCUT2D eigenvalue weighted by Gasteiger charge is -2.18. The summed E-state index contributed by atoms with van der Waals surface area (Å²) in [6, 6.07) is 7.12. The molecular formula is C14H18FN3. The fourth-order valence-electron chi connectivity index (χ4n) is 2.05. The first-order valence-corrected chi connectivity index (χ1v) is 6.15. The number of aromatic nitrogens is 2. The van der Waals surface area contributed by atoms with Crippen molar-refractivity contribution >= 4 is 0 Å². The second kappa shape index (κ2) is 5.78. The van der Waals surface area contributed by atoms with Crippen molar-refractivity contribution in [2.75, 3.05) is 0 Å². The highest BCUT2D eigenvalue weighted by Crippen LogP contribution is 2.10. The predicted octanol–water partition coefficient (Wildman–Crippen LogP) is 2.83. The van der Waals surface area contributed by atoms with Crippen LogP contribution in [0.4, 0.5) is 4.39 Å². The summed E-state index contributed by atoms with van der Waals surface area (Å²) in [4.78, 5) is 7.31. The summed E-state index contributed by atoms with van der Waals surface area (Å²) in [5, 5.41) is 3.46. The molecule has 0 radical (unpaired) electrons. The first kappa shape index (κ1) is 12.8. The molecule has 0 aliphatic rings. The van der Waals surface area contributed by atoms with Crippen LogP contribution in [0, 0.1) is 5.82 Å². The van der Waals surface area contributed by atoms with Crippen LogP contribution in [-0.4, -0.2) is 16.0 Å². The third-order valence-electron chi connectivity index (χ3n) is 2.92. The normalized spacial score (nSPS) is 14.4. The molecule has 0 saturated carbocycles. The van der Waals surface area contributed by atoms with E-state index in [0.29, 0.717) is 6.04 Å². The van der Waals surface area contributed by atoms with E-state index in [9.17, 15) is 4.39 Å². The number of hydrogen-bond acceptors (Lipinski definition) is 2. The van der Waals surface area contributed by atoms with Gasteiger partial charge in [0.05, 0.1) is 6.04 Å². The van der Waals surface area contributed by atoms with Crippen LogP contribution < -0.4 is 5.32 Å². The van der Waals surface area contributed by atoms with Gasteiger partial charge in [0.25, 0.3) is 0 Å². The van der Waals surface area contributed by atoms with E-state index in [1.54, 1.807) is 6.20 Å². The minimum Gasteiger partial charge on any atom is -0.347 e. The molecule has 1 heterocycles. The molecule has 3 nitrogen and oxygen atoms in total. The third-order valence-corrected chi connectivity index (χ3v) is 2.92. The van der Waals surface area contributed by atoms with Crippen LogP contribution in [0.25, 0.3) is 0 Å². The van der Waals surface area contributed by atoms with Gasteiger partial charge >= 0.3 is 0 Å². The fourth-order valence-corrected chi connectivity index (χ4v) is 2.05. The van der Waals surface area contributed by atoms with Gasteiger partial charge in [-0.15, -0.1) is 0 Å². The van der Waals surface area contributed by atoms with Crippen molar-refractivity contribution in [2.24, 2.45) is 0 Å². The molecule has 0 bridgehead atoms. The summed E-state index contributed by atoms with van der Waals surface area (Å²) < 4.78 is 12.8. The van der Waals surface area contributed by atoms with Gasteiger partial charge in [0.1, 0.15) is 11.6 Å². The van der Waals surface area contributed by atoms with E-state index in [4.69, 9.17) is 0 Å². The van der Waals surface area contributed by atoms with Crippen molar-refractivity contribution in [1.82, 2.24) is 15.3 Å². The van der Waals surface area contributed by atoms with Gasteiger partial charge in [-0.05, 0) is 38.0 Å². The number of halogens is 1. The van der Waals surface area contributed by atoms with Gasteiger partial charge in [0, 0.05) is 18.4 Å². The van der Waals surface area contributed by atoms with Gasteiger partial charge < -0.3 is 10.3 Å². The quantitative estimate of drug-likeness (QED) is 0.853. The van der Waals surface area contributed by atoms with Crippen molar-refractivity contribution < 1.29 is 4.39 Å². The Hall–Kier alpha value is -1.68. The molecule has 4 heteroatoms. The molecule has 18 heavy (non-hydrogen) atoms. The maximum Gasteiger partial charge on any atom is 0.123 e. The molecule has 2 unspecified atom stereocenters. The second-order valence-corrected chi connectivity index (χ2v) is 4.59. The lowest BCUT2D eigenvalue weighted by Crippen LogP contribution is -2.31. The molecule has 1 aromatic carbocycles. The average Bonchev–Trinajstić information content (AvgIpc) is 2.85. The fraction of sp³-hybridized carbons (Fsp3) is 0.357. The summed E-state index contributed by atoms with van der Waals surface area (Å²) in [5.74, 6) is 0.740. The van der Waals surface area contributed by atoms with E-state index in [1.165, 1.54) is 12.1 Å². The largest absolute Gasteiger partial charge is 0.347 e. The van der Waals surface area contributed by atoms with Crippen molar-refractivity contribution in [3.8, 4) is 0 Å². The van der Waals surface area contributed by atoms with Crippen LogP contribution in [0.5, 0.6) is 0 Å². The average molecular weight is 247 g/mol. The number of nitrogens with one attached hydrogen (secondary N) is 2. The zero-order chi connectivity index (χ0) is 13.0. The molecule has 2 atom stereocenters. The monoisotopic (exact) mass is 247 g/mol. The minimum absolute atomic E-state index is 0.176. The van der Waals surface area contributed by atoms with E-state index >= 15 is 0 Å². The highest BCUT2D eigenvalue weighted by atomic mass is 19.1. The second-order valence-electron chi connectivity index (χ2n) is 4.59. The Labute approximate surface area is 106 Å². The van der Waals surface area contributed by atoms with Crippen LogP contribution in [0.15, 0.2) is 36.7 Å². The number of rotatable bonds is 5. The standard InChI is InChI=1S/C14H18FN3/c1-10(9-12-3-5-13(15)6-4-12)18-11(2)14-16-7-8-17-14/h3-8,10-11,18H,9H2,1-2H3,(H,16,17). The van der Waals surface area contributed by atoms with Gasteiger partial charge in [0.15, 0.2) is 0 Å². The van der Waals surface area contributed by atoms with Gasteiger partial charge in [-0.25, -0.2) is 9.37 Å². The van der Waals surface area contributed by atoms with Gasteiger partial charge in [-0.3, -0.25) is 0 Å². The molecular weight excluding hydrogens is 229 g/mol. The lowest BCUT2D eigenvalue weighted by atomic mass is 10.1. The molecule has 2 aromatic rings. The van der Waals surface area contributed by atoms with Gasteiger partial charge in [-0.2, -0.15) is 0 Å². The number of benzene rings is 1. The first-order chi connectivity index (χ1) is 8.65. The third kappa shape index (κ3) is 3.40. The van der Waals surface area contributed by atoms with Crippen LogP contribution in [-0.2, 0) is 6.42 Å². The van der Waals surface area contributed by atoms with Crippen molar-refractivity contribution in [2.45, 2.75) is 32.4 Å². The van der Waals surface area contributed by atoms with Crippen LogP contribution in [0.2, 0.25) is 0 Å². The number of nitrogens with zero attached hydrogens (tertiary/aromatic N) is 1.